The van der Waals surface area contributed by atoms with Gasteiger partial charge in [-0.15, -0.1) is 11.3 Å². The van der Waals surface area contributed by atoms with Crippen molar-refractivity contribution in [3.63, 3.8) is 0 Å². The van der Waals surface area contributed by atoms with Gasteiger partial charge in [-0.3, -0.25) is 14.9 Å². The van der Waals surface area contributed by atoms with Crippen LogP contribution >= 0.6 is 11.3 Å². The number of carbonyl (C=O) groups is 2. The van der Waals surface area contributed by atoms with Crippen molar-refractivity contribution in [3.8, 4) is 0 Å². The van der Waals surface area contributed by atoms with E-state index in [2.05, 4.69) is 46.3 Å². The van der Waals surface area contributed by atoms with Crippen molar-refractivity contribution in [1.29, 1.82) is 0 Å². The Morgan fingerprint density at radius 3 is 2.83 bits per heavy atom. The second kappa shape index (κ2) is 8.54. The topological polar surface area (TPSA) is 89.2 Å². The zero-order valence-electron chi connectivity index (χ0n) is 16.7. The van der Waals surface area contributed by atoms with Crippen molar-refractivity contribution in [2.75, 3.05) is 10.6 Å². The minimum absolute atomic E-state index is 0.125. The third kappa shape index (κ3) is 4.60. The Hall–Kier alpha value is -3.39. The summed E-state index contributed by atoms with van der Waals surface area (Å²) in [7, 11) is 0. The van der Waals surface area contributed by atoms with Crippen LogP contribution in [0.25, 0.3) is 10.9 Å². The zero-order chi connectivity index (χ0) is 21.1. The van der Waals surface area contributed by atoms with Gasteiger partial charge in [-0.1, -0.05) is 13.8 Å². The first kappa shape index (κ1) is 19.9. The van der Waals surface area contributed by atoms with Gasteiger partial charge in [0, 0.05) is 34.7 Å². The highest BCUT2D eigenvalue weighted by Gasteiger charge is 2.13. The molecule has 8 heteroatoms. The number of hydrogen-bond acceptors (Lipinski definition) is 5. The fraction of sp³-hybridized carbons (Fsp3) is 0.227. The Kier molecular flexibility index (Phi) is 5.67. The Labute approximate surface area is 177 Å². The lowest BCUT2D eigenvalue weighted by Gasteiger charge is -2.09. The second-order valence-corrected chi connectivity index (χ2v) is 8.29. The summed E-state index contributed by atoms with van der Waals surface area (Å²) in [6.07, 6.45) is 3.63. The van der Waals surface area contributed by atoms with Gasteiger partial charge in [-0.05, 0) is 42.3 Å². The number of rotatable bonds is 7. The summed E-state index contributed by atoms with van der Waals surface area (Å²) in [5.74, 6) is 0.238. The Bertz CT molecular complexity index is 1170. The van der Waals surface area contributed by atoms with Gasteiger partial charge in [-0.2, -0.15) is 0 Å². The van der Waals surface area contributed by atoms with E-state index in [0.29, 0.717) is 16.7 Å². The van der Waals surface area contributed by atoms with E-state index in [1.54, 1.807) is 17.5 Å². The Morgan fingerprint density at radius 2 is 2.07 bits per heavy atom. The number of thiazole rings is 1. The largest absolute Gasteiger partial charge is 0.459 e. The fourth-order valence-corrected chi connectivity index (χ4v) is 3.92. The minimum atomic E-state index is -0.372. The van der Waals surface area contributed by atoms with Crippen molar-refractivity contribution in [3.05, 3.63) is 65.7 Å². The van der Waals surface area contributed by atoms with Crippen molar-refractivity contribution in [2.24, 2.45) is 5.92 Å². The van der Waals surface area contributed by atoms with Gasteiger partial charge in [0.05, 0.1) is 18.4 Å². The van der Waals surface area contributed by atoms with Gasteiger partial charge in [0.25, 0.3) is 5.91 Å². The van der Waals surface area contributed by atoms with Gasteiger partial charge >= 0.3 is 0 Å². The van der Waals surface area contributed by atoms with Crippen LogP contribution in [-0.4, -0.2) is 21.4 Å². The molecule has 4 aromatic rings. The predicted molar refractivity (Wildman–Crippen MR) is 118 cm³/mol. The normalized spacial score (nSPS) is 11.2. The molecule has 0 aliphatic carbocycles. The third-order valence-electron chi connectivity index (χ3n) is 4.48. The van der Waals surface area contributed by atoms with Crippen LogP contribution in [0.5, 0.6) is 0 Å². The quantitative estimate of drug-likeness (QED) is 0.448. The smallest absolute Gasteiger partial charge is 0.293 e. The maximum absolute atomic E-state index is 12.4. The molecule has 0 saturated carbocycles. The molecule has 0 fully saturated rings. The molecule has 0 spiro atoms. The highest BCUT2D eigenvalue weighted by molar-refractivity contribution is 7.14. The van der Waals surface area contributed by atoms with Crippen molar-refractivity contribution in [2.45, 2.75) is 26.8 Å². The van der Waals surface area contributed by atoms with Gasteiger partial charge < -0.3 is 14.3 Å². The van der Waals surface area contributed by atoms with Crippen LogP contribution in [0.1, 0.15) is 30.1 Å². The zero-order valence-corrected chi connectivity index (χ0v) is 17.5. The first-order chi connectivity index (χ1) is 14.5. The summed E-state index contributed by atoms with van der Waals surface area (Å²) in [6, 6.07) is 11.2. The summed E-state index contributed by atoms with van der Waals surface area (Å²) < 4.78 is 7.28. The van der Waals surface area contributed by atoms with Crippen LogP contribution in [0.15, 0.2) is 58.7 Å². The molecule has 1 aromatic carbocycles. The van der Waals surface area contributed by atoms with E-state index in [1.807, 2.05) is 18.2 Å². The van der Waals surface area contributed by atoms with Crippen LogP contribution in [0.3, 0.4) is 0 Å². The molecular formula is C22H22N4O3S. The number of hydrogen-bond donors (Lipinski definition) is 2. The number of nitrogens with zero attached hydrogens (tertiary/aromatic N) is 2. The molecule has 154 valence electrons. The minimum Gasteiger partial charge on any atom is -0.459 e. The van der Waals surface area contributed by atoms with Crippen LogP contribution in [0.2, 0.25) is 0 Å². The summed E-state index contributed by atoms with van der Waals surface area (Å²) in [4.78, 5) is 28.7. The van der Waals surface area contributed by atoms with Crippen LogP contribution in [-0.2, 0) is 17.8 Å². The van der Waals surface area contributed by atoms with Crippen molar-refractivity contribution in [1.82, 2.24) is 9.55 Å². The molecular weight excluding hydrogens is 400 g/mol. The number of fused-ring (bicyclic) bond motifs is 1. The molecule has 0 radical (unpaired) electrons. The van der Waals surface area contributed by atoms with Gasteiger partial charge in [0.15, 0.2) is 10.9 Å². The van der Waals surface area contributed by atoms with Crippen LogP contribution in [0.4, 0.5) is 10.8 Å². The van der Waals surface area contributed by atoms with Gasteiger partial charge in [0.1, 0.15) is 0 Å². The molecule has 2 N–H and O–H groups in total. The average Bonchev–Trinajstić information content (AvgIpc) is 3.43. The van der Waals surface area contributed by atoms with Crippen LogP contribution < -0.4 is 10.6 Å². The summed E-state index contributed by atoms with van der Waals surface area (Å²) in [5, 5.41) is 8.85. The Morgan fingerprint density at radius 1 is 1.20 bits per heavy atom. The van der Waals surface area contributed by atoms with E-state index in [1.165, 1.54) is 17.6 Å². The first-order valence-corrected chi connectivity index (χ1v) is 10.5. The molecule has 0 unspecified atom stereocenters. The molecule has 0 aliphatic rings. The van der Waals surface area contributed by atoms with E-state index >= 15 is 0 Å². The number of nitrogens with one attached hydrogen (secondary N) is 2. The monoisotopic (exact) mass is 422 g/mol. The summed E-state index contributed by atoms with van der Waals surface area (Å²) >= 11 is 1.27. The molecule has 3 heterocycles. The maximum Gasteiger partial charge on any atom is 0.293 e. The number of benzene rings is 1. The molecule has 3 aromatic heterocycles. The van der Waals surface area contributed by atoms with E-state index in [4.69, 9.17) is 4.42 Å². The Balaban J connectivity index is 1.36. The lowest BCUT2D eigenvalue weighted by atomic mass is 10.2. The number of aromatic nitrogens is 2. The van der Waals surface area contributed by atoms with E-state index in [9.17, 15) is 9.59 Å². The number of carbonyl (C=O) groups excluding carboxylic acids is 2. The van der Waals surface area contributed by atoms with Gasteiger partial charge in [0.2, 0.25) is 5.91 Å². The third-order valence-corrected chi connectivity index (χ3v) is 5.28. The summed E-state index contributed by atoms with van der Waals surface area (Å²) in [5.41, 5.74) is 2.49. The average molecular weight is 423 g/mol. The van der Waals surface area contributed by atoms with Crippen molar-refractivity contribution < 1.29 is 14.0 Å². The number of anilines is 2. The van der Waals surface area contributed by atoms with Gasteiger partial charge in [-0.25, -0.2) is 4.98 Å². The molecule has 0 aliphatic heterocycles. The lowest BCUT2D eigenvalue weighted by Crippen LogP contribution is -2.15. The molecule has 7 nitrogen and oxygen atoms in total. The van der Waals surface area contributed by atoms with E-state index < -0.39 is 0 Å². The number of furan rings is 1. The SMILES string of the molecule is CC(C)Cn1ccc2cc(NC(=O)Cc3csc(NC(=O)c4ccco4)n3)ccc21. The number of amides is 2. The molecule has 2 amide bonds. The molecule has 30 heavy (non-hydrogen) atoms. The molecule has 0 bridgehead atoms. The van der Waals surface area contributed by atoms with E-state index in [-0.39, 0.29) is 24.0 Å². The van der Waals surface area contributed by atoms with E-state index in [0.717, 1.165) is 23.1 Å². The maximum atomic E-state index is 12.4. The summed E-state index contributed by atoms with van der Waals surface area (Å²) in [6.45, 7) is 5.33. The molecule has 4 rings (SSSR count). The van der Waals surface area contributed by atoms with Crippen LogP contribution in [0, 0.1) is 5.92 Å². The highest BCUT2D eigenvalue weighted by Crippen LogP contribution is 2.22. The first-order valence-electron chi connectivity index (χ1n) is 9.66. The molecule has 0 saturated heterocycles. The highest BCUT2D eigenvalue weighted by atomic mass is 32.1. The fourth-order valence-electron chi connectivity index (χ4n) is 3.21. The second-order valence-electron chi connectivity index (χ2n) is 7.44. The molecule has 0 atom stereocenters. The lowest BCUT2D eigenvalue weighted by molar-refractivity contribution is -0.115. The predicted octanol–water partition coefficient (Wildman–Crippen LogP) is 4.78. The standard InChI is InChI=1S/C22H22N4O3S/c1-14(2)12-26-8-7-15-10-16(5-6-18(15)26)23-20(27)11-17-13-30-22(24-17)25-21(28)19-4-3-9-29-19/h3-10,13-14H,11-12H2,1-2H3,(H,23,27)(H,24,25,28). The van der Waals surface area contributed by atoms with Crippen molar-refractivity contribution >= 4 is 44.9 Å².